The summed E-state index contributed by atoms with van der Waals surface area (Å²) in [7, 11) is 1.63. The van der Waals surface area contributed by atoms with Crippen LogP contribution in [0.1, 0.15) is 15.9 Å². The van der Waals surface area contributed by atoms with E-state index in [0.29, 0.717) is 16.8 Å². The van der Waals surface area contributed by atoms with E-state index in [0.717, 1.165) is 17.6 Å². The second kappa shape index (κ2) is 8.05. The van der Waals surface area contributed by atoms with E-state index in [1.807, 2.05) is 30.3 Å². The van der Waals surface area contributed by atoms with E-state index in [-0.39, 0.29) is 11.7 Å². The first-order valence-corrected chi connectivity index (χ1v) is 8.34. The Balaban J connectivity index is 1.80. The molecule has 134 valence electrons. The molecule has 6 nitrogen and oxygen atoms in total. The summed E-state index contributed by atoms with van der Waals surface area (Å²) >= 11 is 0. The highest BCUT2D eigenvalue weighted by Gasteiger charge is 2.10. The van der Waals surface area contributed by atoms with Crippen molar-refractivity contribution >= 4 is 23.8 Å². The molecule has 0 atom stereocenters. The third-order valence-corrected chi connectivity index (χ3v) is 4.03. The normalized spacial score (nSPS) is 10.1. The number of nitrogens with zero attached hydrogens (tertiary/aromatic N) is 2. The number of aromatic nitrogens is 1. The number of anilines is 1. The van der Waals surface area contributed by atoms with Gasteiger partial charge in [0.2, 0.25) is 0 Å². The van der Waals surface area contributed by atoms with E-state index in [1.165, 1.54) is 4.90 Å². The maximum Gasteiger partial charge on any atom is 0.255 e. The molecule has 2 aromatic carbocycles. The van der Waals surface area contributed by atoms with Crippen molar-refractivity contribution in [3.05, 3.63) is 84.1 Å². The number of amidine groups is 1. The molecule has 0 saturated carbocycles. The second-order valence-electron chi connectivity index (χ2n) is 5.92. The zero-order chi connectivity index (χ0) is 19.2. The molecule has 1 aromatic heterocycles. The van der Waals surface area contributed by atoms with Gasteiger partial charge in [0.1, 0.15) is 5.84 Å². The number of hydrogen-bond acceptors (Lipinski definition) is 4. The highest BCUT2D eigenvalue weighted by Crippen LogP contribution is 2.18. The molecular weight excluding hydrogens is 338 g/mol. The van der Waals surface area contributed by atoms with Crippen LogP contribution in [-0.4, -0.2) is 35.0 Å². The van der Waals surface area contributed by atoms with Gasteiger partial charge in [-0.05, 0) is 24.3 Å². The number of carbonyl (C=O) groups excluding carboxylic acids is 1. The van der Waals surface area contributed by atoms with Gasteiger partial charge in [-0.25, -0.2) is 0 Å². The Kier molecular flexibility index (Phi) is 5.37. The summed E-state index contributed by atoms with van der Waals surface area (Å²) in [6, 6.07) is 20.1. The van der Waals surface area contributed by atoms with Crippen molar-refractivity contribution in [1.29, 1.82) is 10.8 Å². The molecule has 0 aliphatic carbocycles. The van der Waals surface area contributed by atoms with Crippen molar-refractivity contribution in [2.45, 2.75) is 0 Å². The van der Waals surface area contributed by atoms with Crippen LogP contribution in [-0.2, 0) is 0 Å². The van der Waals surface area contributed by atoms with E-state index >= 15 is 0 Å². The van der Waals surface area contributed by atoms with Gasteiger partial charge in [-0.2, -0.15) is 0 Å². The monoisotopic (exact) mass is 357 g/mol. The summed E-state index contributed by atoms with van der Waals surface area (Å²) in [4.78, 5) is 18.3. The largest absolute Gasteiger partial charge is 0.322 e. The molecule has 3 rings (SSSR count). The Morgan fingerprint density at radius 3 is 2.56 bits per heavy atom. The number of nitrogens with one attached hydrogen (secondary N) is 3. The minimum Gasteiger partial charge on any atom is -0.322 e. The molecule has 1 heterocycles. The molecule has 0 unspecified atom stereocenters. The fraction of sp³-hybridized carbons (Fsp3) is 0.0476. The molecule has 0 aliphatic heterocycles. The van der Waals surface area contributed by atoms with Crippen LogP contribution in [0.5, 0.6) is 0 Å². The van der Waals surface area contributed by atoms with Gasteiger partial charge in [0.15, 0.2) is 0 Å². The van der Waals surface area contributed by atoms with Crippen molar-refractivity contribution in [2.24, 2.45) is 0 Å². The first-order valence-electron chi connectivity index (χ1n) is 8.34. The van der Waals surface area contributed by atoms with Crippen molar-refractivity contribution in [3.8, 4) is 11.3 Å². The van der Waals surface area contributed by atoms with Crippen LogP contribution in [0, 0.1) is 10.8 Å². The topological polar surface area (TPSA) is 92.9 Å². The molecule has 0 aliphatic rings. The van der Waals surface area contributed by atoms with Crippen LogP contribution in [0.3, 0.4) is 0 Å². The van der Waals surface area contributed by atoms with Crippen molar-refractivity contribution in [3.63, 3.8) is 0 Å². The number of pyridine rings is 1. The molecular formula is C21H19N5O. The number of benzene rings is 2. The summed E-state index contributed by atoms with van der Waals surface area (Å²) in [6.45, 7) is 0. The Bertz CT molecular complexity index is 985. The maximum atomic E-state index is 12.6. The van der Waals surface area contributed by atoms with Gasteiger partial charge in [0, 0.05) is 35.6 Å². The first kappa shape index (κ1) is 18.0. The van der Waals surface area contributed by atoms with Crippen molar-refractivity contribution in [2.75, 3.05) is 12.4 Å². The molecule has 0 spiro atoms. The second-order valence-corrected chi connectivity index (χ2v) is 5.92. The third-order valence-electron chi connectivity index (χ3n) is 4.03. The van der Waals surface area contributed by atoms with E-state index < -0.39 is 0 Å². The Morgan fingerprint density at radius 2 is 1.81 bits per heavy atom. The number of hydrogen-bond donors (Lipinski definition) is 3. The van der Waals surface area contributed by atoms with Gasteiger partial charge in [-0.1, -0.05) is 42.5 Å². The predicted molar refractivity (Wildman–Crippen MR) is 107 cm³/mol. The fourth-order valence-corrected chi connectivity index (χ4v) is 2.55. The van der Waals surface area contributed by atoms with Gasteiger partial charge in [-0.15, -0.1) is 0 Å². The average Bonchev–Trinajstić information content (AvgIpc) is 2.73. The van der Waals surface area contributed by atoms with Gasteiger partial charge in [-0.3, -0.25) is 20.6 Å². The number of carbonyl (C=O) groups is 1. The van der Waals surface area contributed by atoms with E-state index in [9.17, 15) is 4.79 Å². The summed E-state index contributed by atoms with van der Waals surface area (Å²) in [5, 5.41) is 18.1. The molecule has 0 radical (unpaired) electrons. The predicted octanol–water partition coefficient (Wildman–Crippen LogP) is 3.87. The number of amides is 1. The Hall–Kier alpha value is -3.80. The van der Waals surface area contributed by atoms with Gasteiger partial charge in [0.05, 0.1) is 12.0 Å². The minimum atomic E-state index is -0.251. The summed E-state index contributed by atoms with van der Waals surface area (Å²) in [5.41, 5.74) is 3.36. The summed E-state index contributed by atoms with van der Waals surface area (Å²) in [6.07, 6.45) is 2.68. The molecule has 27 heavy (non-hydrogen) atoms. The smallest absolute Gasteiger partial charge is 0.255 e. The summed E-state index contributed by atoms with van der Waals surface area (Å²) in [5.74, 6) is -0.0740. The van der Waals surface area contributed by atoms with Crippen LogP contribution in [0.4, 0.5) is 5.69 Å². The summed E-state index contributed by atoms with van der Waals surface area (Å²) < 4.78 is 0. The quantitative estimate of drug-likeness (QED) is 0.478. The third kappa shape index (κ3) is 4.24. The minimum absolute atomic E-state index is 0.177. The SMILES string of the molecule is CN(C=N)C(=N)c1cccc(NC(=O)c2ccnc(-c3ccccc3)c2)c1. The van der Waals surface area contributed by atoms with E-state index in [4.69, 9.17) is 10.8 Å². The standard InChI is InChI=1S/C21H19N5O/c1-26(14-22)20(23)16-8-5-9-18(12-16)25-21(27)17-10-11-24-19(13-17)15-6-3-2-4-7-15/h2-14,22-23H,1H3,(H,25,27). The molecule has 3 N–H and O–H groups in total. The van der Waals surface area contributed by atoms with Crippen molar-refractivity contribution in [1.82, 2.24) is 9.88 Å². The average molecular weight is 357 g/mol. The zero-order valence-electron chi connectivity index (χ0n) is 14.8. The Morgan fingerprint density at radius 1 is 1.04 bits per heavy atom. The Labute approximate surface area is 157 Å². The fourth-order valence-electron chi connectivity index (χ4n) is 2.55. The van der Waals surface area contributed by atoms with Crippen LogP contribution in [0.25, 0.3) is 11.3 Å². The van der Waals surface area contributed by atoms with Crippen molar-refractivity contribution < 1.29 is 4.79 Å². The van der Waals surface area contributed by atoms with Crippen LogP contribution < -0.4 is 5.32 Å². The van der Waals surface area contributed by atoms with Gasteiger partial charge < -0.3 is 10.2 Å². The zero-order valence-corrected chi connectivity index (χ0v) is 14.8. The first-order chi connectivity index (χ1) is 13.1. The van der Waals surface area contributed by atoms with Crippen LogP contribution in [0.15, 0.2) is 72.9 Å². The van der Waals surface area contributed by atoms with Gasteiger partial charge in [0.25, 0.3) is 5.91 Å². The van der Waals surface area contributed by atoms with E-state index in [1.54, 1.807) is 49.6 Å². The van der Waals surface area contributed by atoms with Gasteiger partial charge >= 0.3 is 0 Å². The van der Waals surface area contributed by atoms with Crippen LogP contribution in [0.2, 0.25) is 0 Å². The lowest BCUT2D eigenvalue weighted by atomic mass is 10.1. The molecule has 0 saturated heterocycles. The lowest BCUT2D eigenvalue weighted by Gasteiger charge is -2.14. The highest BCUT2D eigenvalue weighted by atomic mass is 16.1. The lowest BCUT2D eigenvalue weighted by molar-refractivity contribution is 0.102. The molecule has 0 fully saturated rings. The molecule has 0 bridgehead atoms. The van der Waals surface area contributed by atoms with Crippen LogP contribution >= 0.6 is 0 Å². The molecule has 1 amide bonds. The molecule has 3 aromatic rings. The lowest BCUT2D eigenvalue weighted by Crippen LogP contribution is -2.24. The highest BCUT2D eigenvalue weighted by molar-refractivity contribution is 6.06. The number of rotatable bonds is 5. The maximum absolute atomic E-state index is 12.6. The molecule has 6 heteroatoms. The van der Waals surface area contributed by atoms with E-state index in [2.05, 4.69) is 10.3 Å².